The highest BCUT2D eigenvalue weighted by Gasteiger charge is 2.14. The molecule has 0 radical (unpaired) electrons. The second-order valence-corrected chi connectivity index (χ2v) is 5.27. The topological polar surface area (TPSA) is 42.7 Å². The van der Waals surface area contributed by atoms with Crippen molar-refractivity contribution in [1.29, 1.82) is 0 Å². The van der Waals surface area contributed by atoms with E-state index >= 15 is 0 Å². The van der Waals surface area contributed by atoms with Crippen molar-refractivity contribution in [2.24, 2.45) is 13.0 Å². The molecule has 1 aliphatic rings. The van der Waals surface area contributed by atoms with E-state index in [1.807, 2.05) is 30.2 Å². The van der Waals surface area contributed by atoms with Crippen LogP contribution in [0.15, 0.2) is 18.6 Å². The summed E-state index contributed by atoms with van der Waals surface area (Å²) in [6.45, 7) is 1.03. The normalized spacial score (nSPS) is 17.2. The minimum Gasteiger partial charge on any atom is -0.368 e. The molecule has 0 atom stereocenters. The Balaban J connectivity index is 1.74. The molecular formula is C14H20N4. The second kappa shape index (κ2) is 4.96. The zero-order chi connectivity index (χ0) is 12.4. The molecule has 0 aliphatic heterocycles. The van der Waals surface area contributed by atoms with E-state index in [9.17, 15) is 0 Å². The Kier molecular flexibility index (Phi) is 3.17. The summed E-state index contributed by atoms with van der Waals surface area (Å²) in [6, 6.07) is 2.01. The summed E-state index contributed by atoms with van der Waals surface area (Å²) in [5, 5.41) is 3.48. The number of rotatable bonds is 3. The molecule has 0 spiro atoms. The summed E-state index contributed by atoms with van der Waals surface area (Å²) in [5.74, 6) is 1.73. The highest BCUT2D eigenvalue weighted by molar-refractivity contribution is 5.85. The van der Waals surface area contributed by atoms with Gasteiger partial charge >= 0.3 is 0 Å². The Morgan fingerprint density at radius 1 is 1.28 bits per heavy atom. The molecule has 3 rings (SSSR count). The number of nitrogens with zero attached hydrogens (tertiary/aromatic N) is 3. The van der Waals surface area contributed by atoms with Crippen molar-refractivity contribution in [3.05, 3.63) is 18.6 Å². The van der Waals surface area contributed by atoms with E-state index in [0.29, 0.717) is 0 Å². The average Bonchev–Trinajstić information content (AvgIpc) is 2.80. The molecule has 4 heteroatoms. The van der Waals surface area contributed by atoms with Crippen molar-refractivity contribution in [3.8, 4) is 0 Å². The van der Waals surface area contributed by atoms with E-state index in [4.69, 9.17) is 0 Å². The number of hydrogen-bond acceptors (Lipinski definition) is 3. The highest BCUT2D eigenvalue weighted by atomic mass is 15.1. The summed E-state index contributed by atoms with van der Waals surface area (Å²) >= 11 is 0. The van der Waals surface area contributed by atoms with Crippen molar-refractivity contribution in [1.82, 2.24) is 14.5 Å². The number of aromatic nitrogens is 3. The molecule has 2 aromatic heterocycles. The maximum atomic E-state index is 4.42. The minimum atomic E-state index is 0.805. The predicted octanol–water partition coefficient (Wildman–Crippen LogP) is 2.96. The summed E-state index contributed by atoms with van der Waals surface area (Å²) in [6.07, 6.45) is 10.6. The Hall–Kier alpha value is -1.58. The molecular weight excluding hydrogens is 224 g/mol. The molecule has 2 heterocycles. The number of hydrogen-bond donors (Lipinski definition) is 1. The monoisotopic (exact) mass is 244 g/mol. The number of anilines is 1. The SMILES string of the molecule is Cn1cnc2c(NCC3CCCCC3)nccc21. The van der Waals surface area contributed by atoms with Crippen LogP contribution in [0.1, 0.15) is 32.1 Å². The Bertz CT molecular complexity index is 526. The van der Waals surface area contributed by atoms with Gasteiger partial charge in [0, 0.05) is 19.8 Å². The van der Waals surface area contributed by atoms with Crippen LogP contribution in [0.4, 0.5) is 5.82 Å². The van der Waals surface area contributed by atoms with Crippen LogP contribution in [0.5, 0.6) is 0 Å². The number of nitrogens with one attached hydrogen (secondary N) is 1. The van der Waals surface area contributed by atoms with Crippen LogP contribution in [0.3, 0.4) is 0 Å². The van der Waals surface area contributed by atoms with Gasteiger partial charge in [-0.3, -0.25) is 0 Å². The molecule has 1 aliphatic carbocycles. The van der Waals surface area contributed by atoms with E-state index in [-0.39, 0.29) is 0 Å². The predicted molar refractivity (Wildman–Crippen MR) is 73.6 cm³/mol. The molecule has 0 aromatic carbocycles. The average molecular weight is 244 g/mol. The summed E-state index contributed by atoms with van der Waals surface area (Å²) < 4.78 is 2.03. The van der Waals surface area contributed by atoms with Crippen molar-refractivity contribution in [2.75, 3.05) is 11.9 Å². The van der Waals surface area contributed by atoms with Gasteiger partial charge in [0.05, 0.1) is 11.8 Å². The minimum absolute atomic E-state index is 0.805. The van der Waals surface area contributed by atoms with Gasteiger partial charge in [-0.1, -0.05) is 19.3 Å². The maximum absolute atomic E-state index is 4.42. The fourth-order valence-electron chi connectivity index (χ4n) is 2.82. The van der Waals surface area contributed by atoms with Gasteiger partial charge < -0.3 is 9.88 Å². The van der Waals surface area contributed by atoms with Gasteiger partial charge in [0.25, 0.3) is 0 Å². The number of fused-ring (bicyclic) bond motifs is 1. The van der Waals surface area contributed by atoms with Crippen LogP contribution in [0, 0.1) is 5.92 Å². The van der Waals surface area contributed by atoms with Crippen LogP contribution in [-0.4, -0.2) is 21.1 Å². The fraction of sp³-hybridized carbons (Fsp3) is 0.571. The van der Waals surface area contributed by atoms with E-state index in [1.165, 1.54) is 32.1 Å². The molecule has 0 bridgehead atoms. The molecule has 0 saturated heterocycles. The van der Waals surface area contributed by atoms with Crippen LogP contribution in [0.2, 0.25) is 0 Å². The summed E-state index contributed by atoms with van der Waals surface area (Å²) in [4.78, 5) is 8.84. The number of pyridine rings is 1. The number of aryl methyl sites for hydroxylation is 1. The first-order chi connectivity index (χ1) is 8.84. The molecule has 0 unspecified atom stereocenters. The van der Waals surface area contributed by atoms with E-state index in [1.54, 1.807) is 0 Å². The van der Waals surface area contributed by atoms with E-state index in [2.05, 4.69) is 15.3 Å². The fourth-order valence-corrected chi connectivity index (χ4v) is 2.82. The van der Waals surface area contributed by atoms with E-state index in [0.717, 1.165) is 29.3 Å². The lowest BCUT2D eigenvalue weighted by molar-refractivity contribution is 0.373. The standard InChI is InChI=1S/C14H20N4/c1-18-10-17-13-12(18)7-8-15-14(13)16-9-11-5-3-2-4-6-11/h7-8,10-11H,2-6,9H2,1H3,(H,15,16). The summed E-state index contributed by atoms with van der Waals surface area (Å²) in [7, 11) is 2.01. The van der Waals surface area contributed by atoms with Crippen molar-refractivity contribution >= 4 is 16.9 Å². The first kappa shape index (κ1) is 11.5. The van der Waals surface area contributed by atoms with Crippen molar-refractivity contribution in [3.63, 3.8) is 0 Å². The number of imidazole rings is 1. The third kappa shape index (κ3) is 2.19. The van der Waals surface area contributed by atoms with Crippen LogP contribution < -0.4 is 5.32 Å². The van der Waals surface area contributed by atoms with Gasteiger partial charge in [-0.05, 0) is 24.8 Å². The van der Waals surface area contributed by atoms with Crippen molar-refractivity contribution in [2.45, 2.75) is 32.1 Å². The zero-order valence-electron chi connectivity index (χ0n) is 10.9. The molecule has 1 N–H and O–H groups in total. The first-order valence-corrected chi connectivity index (χ1v) is 6.84. The van der Waals surface area contributed by atoms with Gasteiger partial charge in [0.15, 0.2) is 5.82 Å². The van der Waals surface area contributed by atoms with Gasteiger partial charge in [0.2, 0.25) is 0 Å². The summed E-state index contributed by atoms with van der Waals surface area (Å²) in [5.41, 5.74) is 2.12. The van der Waals surface area contributed by atoms with Crippen LogP contribution in [0.25, 0.3) is 11.0 Å². The Morgan fingerprint density at radius 3 is 2.94 bits per heavy atom. The smallest absolute Gasteiger partial charge is 0.154 e. The molecule has 4 nitrogen and oxygen atoms in total. The van der Waals surface area contributed by atoms with Gasteiger partial charge in [-0.25, -0.2) is 9.97 Å². The second-order valence-electron chi connectivity index (χ2n) is 5.27. The lowest BCUT2D eigenvalue weighted by Crippen LogP contribution is -2.17. The molecule has 18 heavy (non-hydrogen) atoms. The third-order valence-corrected chi connectivity index (χ3v) is 3.93. The first-order valence-electron chi connectivity index (χ1n) is 6.84. The molecule has 1 fully saturated rings. The Labute approximate surface area is 107 Å². The maximum Gasteiger partial charge on any atom is 0.154 e. The van der Waals surface area contributed by atoms with Crippen molar-refractivity contribution < 1.29 is 0 Å². The van der Waals surface area contributed by atoms with Gasteiger partial charge in [-0.15, -0.1) is 0 Å². The molecule has 2 aromatic rings. The molecule has 1 saturated carbocycles. The lowest BCUT2D eigenvalue weighted by Gasteiger charge is -2.21. The van der Waals surface area contributed by atoms with E-state index < -0.39 is 0 Å². The molecule has 0 amide bonds. The highest BCUT2D eigenvalue weighted by Crippen LogP contribution is 2.25. The van der Waals surface area contributed by atoms with Gasteiger partial charge in [-0.2, -0.15) is 0 Å². The van der Waals surface area contributed by atoms with Gasteiger partial charge in [0.1, 0.15) is 5.52 Å². The molecule has 96 valence electrons. The zero-order valence-corrected chi connectivity index (χ0v) is 10.9. The Morgan fingerprint density at radius 2 is 2.11 bits per heavy atom. The van der Waals surface area contributed by atoms with Crippen LogP contribution in [-0.2, 0) is 7.05 Å². The third-order valence-electron chi connectivity index (χ3n) is 3.93. The van der Waals surface area contributed by atoms with Crippen LogP contribution >= 0.6 is 0 Å². The lowest BCUT2D eigenvalue weighted by atomic mass is 9.89. The largest absolute Gasteiger partial charge is 0.368 e. The quantitative estimate of drug-likeness (QED) is 0.902.